The van der Waals surface area contributed by atoms with Gasteiger partial charge in [-0.15, -0.1) is 0 Å². The summed E-state index contributed by atoms with van der Waals surface area (Å²) >= 11 is 5.89. The van der Waals surface area contributed by atoms with Gasteiger partial charge in [-0.2, -0.15) is 22.0 Å². The van der Waals surface area contributed by atoms with E-state index in [1.165, 1.54) is 18.2 Å². The molecule has 0 saturated heterocycles. The van der Waals surface area contributed by atoms with Crippen LogP contribution in [0.15, 0.2) is 24.4 Å². The Labute approximate surface area is 166 Å². The molecule has 0 spiro atoms. The highest BCUT2D eigenvalue weighted by molar-refractivity contribution is 6.32. The standard InChI is InChI=1S/C18H16ClF5N2O3/c19-12-6-9-5-10(8-25-13(9)7-14(12)29-16(20)21)15(27)26-17(28)3-1-11(2-4-17)18(22,23)24/h5-8,11,16,28H,1-4H2,(H,26,27). The molecule has 2 N–H and O–H groups in total. The second-order valence-corrected chi connectivity index (χ2v) is 7.29. The third-order valence-corrected chi connectivity index (χ3v) is 5.13. The highest BCUT2D eigenvalue weighted by atomic mass is 35.5. The molecule has 3 rings (SSSR count). The van der Waals surface area contributed by atoms with Crippen LogP contribution in [0.4, 0.5) is 22.0 Å². The van der Waals surface area contributed by atoms with E-state index in [1.807, 2.05) is 0 Å². The zero-order valence-corrected chi connectivity index (χ0v) is 15.5. The quantitative estimate of drug-likeness (QED) is 0.538. The zero-order valence-electron chi connectivity index (χ0n) is 14.8. The van der Waals surface area contributed by atoms with Crippen LogP contribution < -0.4 is 10.1 Å². The molecule has 0 bridgehead atoms. The van der Waals surface area contributed by atoms with Crippen molar-refractivity contribution in [3.63, 3.8) is 0 Å². The monoisotopic (exact) mass is 438 g/mol. The topological polar surface area (TPSA) is 71.5 Å². The average molecular weight is 439 g/mol. The molecule has 1 aromatic carbocycles. The smallest absolute Gasteiger partial charge is 0.391 e. The van der Waals surface area contributed by atoms with E-state index in [9.17, 15) is 31.9 Å². The normalized spacial score (nSPS) is 22.7. The molecule has 158 valence electrons. The number of aromatic nitrogens is 1. The molecule has 0 unspecified atom stereocenters. The number of nitrogens with zero attached hydrogens (tertiary/aromatic N) is 1. The average Bonchev–Trinajstić information content (AvgIpc) is 2.60. The number of rotatable bonds is 4. The van der Waals surface area contributed by atoms with E-state index in [0.29, 0.717) is 5.39 Å². The van der Waals surface area contributed by atoms with Gasteiger partial charge in [0.15, 0.2) is 0 Å². The van der Waals surface area contributed by atoms with Crippen molar-refractivity contribution in [3.8, 4) is 5.75 Å². The van der Waals surface area contributed by atoms with Crippen molar-refractivity contribution in [1.82, 2.24) is 10.3 Å². The van der Waals surface area contributed by atoms with Gasteiger partial charge in [0.1, 0.15) is 11.5 Å². The molecule has 1 fully saturated rings. The minimum absolute atomic E-state index is 0.0301. The molecule has 0 radical (unpaired) electrons. The molecule has 1 aromatic heterocycles. The Hall–Kier alpha value is -2.20. The number of halogens is 6. The lowest BCUT2D eigenvalue weighted by Gasteiger charge is -2.37. The van der Waals surface area contributed by atoms with Crippen LogP contribution in [0.5, 0.6) is 5.75 Å². The van der Waals surface area contributed by atoms with Crippen LogP contribution in [0, 0.1) is 5.92 Å². The molecule has 1 heterocycles. The molecule has 2 aromatic rings. The Morgan fingerprint density at radius 1 is 1.28 bits per heavy atom. The summed E-state index contributed by atoms with van der Waals surface area (Å²) in [5.41, 5.74) is -1.48. The number of carbonyl (C=O) groups is 1. The molecule has 1 aliphatic carbocycles. The molecule has 1 saturated carbocycles. The number of hydrogen-bond donors (Lipinski definition) is 2. The molecule has 5 nitrogen and oxygen atoms in total. The van der Waals surface area contributed by atoms with Crippen LogP contribution in [0.2, 0.25) is 5.02 Å². The molecule has 0 atom stereocenters. The van der Waals surface area contributed by atoms with E-state index in [1.54, 1.807) is 0 Å². The largest absolute Gasteiger partial charge is 0.433 e. The fourth-order valence-electron chi connectivity index (χ4n) is 3.27. The number of nitrogens with one attached hydrogen (secondary N) is 1. The maximum absolute atomic E-state index is 12.8. The highest BCUT2D eigenvalue weighted by Gasteiger charge is 2.45. The molecular formula is C18H16ClF5N2O3. The summed E-state index contributed by atoms with van der Waals surface area (Å²) in [5.74, 6) is -2.50. The van der Waals surface area contributed by atoms with E-state index >= 15 is 0 Å². The van der Waals surface area contributed by atoms with Gasteiger partial charge in [-0.1, -0.05) is 11.6 Å². The van der Waals surface area contributed by atoms with Gasteiger partial charge < -0.3 is 15.2 Å². The van der Waals surface area contributed by atoms with Gasteiger partial charge in [0, 0.05) is 17.6 Å². The van der Waals surface area contributed by atoms with Gasteiger partial charge in [0.05, 0.1) is 22.0 Å². The molecular weight excluding hydrogens is 423 g/mol. The maximum atomic E-state index is 12.8. The van der Waals surface area contributed by atoms with E-state index < -0.39 is 30.3 Å². The molecule has 29 heavy (non-hydrogen) atoms. The highest BCUT2D eigenvalue weighted by Crippen LogP contribution is 2.40. The summed E-state index contributed by atoms with van der Waals surface area (Å²) in [6.45, 7) is -3.07. The lowest BCUT2D eigenvalue weighted by Crippen LogP contribution is -2.51. The SMILES string of the molecule is O=C(NC1(O)CCC(C(F)(F)F)CC1)c1cnc2cc(OC(F)F)c(Cl)cc2c1. The van der Waals surface area contributed by atoms with E-state index in [2.05, 4.69) is 15.0 Å². The van der Waals surface area contributed by atoms with E-state index in [4.69, 9.17) is 11.6 Å². The van der Waals surface area contributed by atoms with Crippen molar-refractivity contribution in [1.29, 1.82) is 0 Å². The first-order valence-electron chi connectivity index (χ1n) is 8.62. The second kappa shape index (κ2) is 7.91. The van der Waals surface area contributed by atoms with Crippen LogP contribution in [0.1, 0.15) is 36.0 Å². The van der Waals surface area contributed by atoms with Gasteiger partial charge in [0.25, 0.3) is 5.91 Å². The Balaban J connectivity index is 1.74. The number of benzene rings is 1. The Morgan fingerprint density at radius 2 is 1.93 bits per heavy atom. The minimum Gasteiger partial charge on any atom is -0.433 e. The predicted octanol–water partition coefficient (Wildman–Crippen LogP) is 4.66. The Morgan fingerprint density at radius 3 is 2.52 bits per heavy atom. The summed E-state index contributed by atoms with van der Waals surface area (Å²) in [7, 11) is 0. The first-order chi connectivity index (χ1) is 13.5. The van der Waals surface area contributed by atoms with Crippen molar-refractivity contribution in [3.05, 3.63) is 35.0 Å². The van der Waals surface area contributed by atoms with Gasteiger partial charge in [-0.25, -0.2) is 0 Å². The van der Waals surface area contributed by atoms with Crippen molar-refractivity contribution >= 4 is 28.4 Å². The number of fused-ring (bicyclic) bond motifs is 1. The summed E-state index contributed by atoms with van der Waals surface area (Å²) in [6, 6.07) is 3.86. The first-order valence-corrected chi connectivity index (χ1v) is 9.00. The van der Waals surface area contributed by atoms with Gasteiger partial charge in [-0.3, -0.25) is 9.78 Å². The molecule has 1 aliphatic rings. The van der Waals surface area contributed by atoms with E-state index in [-0.39, 0.29) is 47.5 Å². The number of amides is 1. The van der Waals surface area contributed by atoms with Crippen LogP contribution in [0.3, 0.4) is 0 Å². The number of alkyl halides is 5. The minimum atomic E-state index is -4.33. The predicted molar refractivity (Wildman–Crippen MR) is 93.8 cm³/mol. The fraction of sp³-hybridized carbons (Fsp3) is 0.444. The third kappa shape index (κ3) is 5.05. The summed E-state index contributed by atoms with van der Waals surface area (Å²) in [6.07, 6.45) is -4.23. The van der Waals surface area contributed by atoms with Crippen LogP contribution in [-0.2, 0) is 0 Å². The summed E-state index contributed by atoms with van der Waals surface area (Å²) in [4.78, 5) is 16.4. The van der Waals surface area contributed by atoms with E-state index in [0.717, 1.165) is 6.20 Å². The number of pyridine rings is 1. The molecule has 11 heteroatoms. The Kier molecular flexibility index (Phi) is 5.86. The summed E-state index contributed by atoms with van der Waals surface area (Å²) in [5, 5.41) is 13.0. The Bertz CT molecular complexity index is 914. The van der Waals surface area contributed by atoms with Gasteiger partial charge >= 0.3 is 12.8 Å². The molecule has 0 aliphatic heterocycles. The third-order valence-electron chi connectivity index (χ3n) is 4.84. The van der Waals surface area contributed by atoms with Gasteiger partial charge in [-0.05, 0) is 37.8 Å². The van der Waals surface area contributed by atoms with Crippen molar-refractivity contribution in [2.24, 2.45) is 5.92 Å². The van der Waals surface area contributed by atoms with Crippen LogP contribution in [0.25, 0.3) is 10.9 Å². The number of hydrogen-bond acceptors (Lipinski definition) is 4. The molecule has 1 amide bonds. The van der Waals surface area contributed by atoms with Crippen molar-refractivity contribution in [2.45, 2.75) is 44.2 Å². The zero-order chi connectivity index (χ0) is 21.4. The van der Waals surface area contributed by atoms with Gasteiger partial charge in [0.2, 0.25) is 0 Å². The van der Waals surface area contributed by atoms with Crippen molar-refractivity contribution < 1.29 is 36.6 Å². The van der Waals surface area contributed by atoms with Crippen molar-refractivity contribution in [2.75, 3.05) is 0 Å². The second-order valence-electron chi connectivity index (χ2n) is 6.88. The lowest BCUT2D eigenvalue weighted by molar-refractivity contribution is -0.193. The lowest BCUT2D eigenvalue weighted by atomic mass is 9.83. The number of ether oxygens (including phenoxy) is 1. The maximum Gasteiger partial charge on any atom is 0.391 e. The number of carbonyl (C=O) groups excluding carboxylic acids is 1. The number of aliphatic hydroxyl groups is 1. The fourth-order valence-corrected chi connectivity index (χ4v) is 3.49. The first kappa shape index (κ1) is 21.5. The van der Waals surface area contributed by atoms with Crippen LogP contribution >= 0.6 is 11.6 Å². The summed E-state index contributed by atoms with van der Waals surface area (Å²) < 4.78 is 67.3. The van der Waals surface area contributed by atoms with Crippen LogP contribution in [-0.4, -0.2) is 34.5 Å².